The van der Waals surface area contributed by atoms with Crippen LogP contribution >= 0.6 is 0 Å². The maximum Gasteiger partial charge on any atom is 0 e. The van der Waals surface area contributed by atoms with Gasteiger partial charge in [-0.1, -0.05) is 12.1 Å². The van der Waals surface area contributed by atoms with Crippen LogP contribution in [0.1, 0.15) is 0 Å². The molecule has 0 heterocycles. The fourth-order valence-electron chi connectivity index (χ4n) is 1.06. The zero-order valence-electron chi connectivity index (χ0n) is 5.95. The third-order valence-corrected chi connectivity index (χ3v) is 1.57. The summed E-state index contributed by atoms with van der Waals surface area (Å²) < 4.78 is 0. The van der Waals surface area contributed by atoms with Gasteiger partial charge >= 0.3 is 0 Å². The SMILES string of the molecule is [Cr].[c-]1ccc2cccccc1-2. The quantitative estimate of drug-likeness (QED) is 0.545. The summed E-state index contributed by atoms with van der Waals surface area (Å²) in [6.45, 7) is 0. The molecular weight excluding hydrogens is 172 g/mol. The predicted molar refractivity (Wildman–Crippen MR) is 41.9 cm³/mol. The number of hydrogen-bond acceptors (Lipinski definition) is 0. The van der Waals surface area contributed by atoms with Gasteiger partial charge in [-0.15, -0.1) is 29.8 Å². The predicted octanol–water partition coefficient (Wildman–Crippen LogP) is 2.59. The van der Waals surface area contributed by atoms with Crippen molar-refractivity contribution >= 4 is 0 Å². The summed E-state index contributed by atoms with van der Waals surface area (Å²) in [5, 5.41) is 0. The van der Waals surface area contributed by atoms with E-state index in [-0.39, 0.29) is 17.4 Å². The van der Waals surface area contributed by atoms with Gasteiger partial charge in [0.15, 0.2) is 0 Å². The van der Waals surface area contributed by atoms with Crippen LogP contribution in [0.2, 0.25) is 0 Å². The van der Waals surface area contributed by atoms with Crippen LogP contribution in [0.25, 0.3) is 11.1 Å². The van der Waals surface area contributed by atoms with Crippen molar-refractivity contribution in [1.82, 2.24) is 0 Å². The van der Waals surface area contributed by atoms with Gasteiger partial charge in [-0.2, -0.15) is 17.7 Å². The average molecular weight is 179 g/mol. The van der Waals surface area contributed by atoms with Crippen molar-refractivity contribution in [1.29, 1.82) is 0 Å². The van der Waals surface area contributed by atoms with E-state index < -0.39 is 0 Å². The molecule has 0 aromatic heterocycles. The van der Waals surface area contributed by atoms with Crippen LogP contribution in [0.4, 0.5) is 0 Å². The Morgan fingerprint density at radius 3 is 2.64 bits per heavy atom. The summed E-state index contributed by atoms with van der Waals surface area (Å²) in [6, 6.07) is 17.4. The van der Waals surface area contributed by atoms with E-state index in [4.69, 9.17) is 0 Å². The van der Waals surface area contributed by atoms with Gasteiger partial charge in [0.05, 0.1) is 0 Å². The molecular formula is C10H7Cr-. The molecule has 54 valence electrons. The minimum Gasteiger partial charge on any atom is -0.168 e. The molecule has 0 saturated heterocycles. The number of rotatable bonds is 0. The van der Waals surface area contributed by atoms with E-state index >= 15 is 0 Å². The van der Waals surface area contributed by atoms with Crippen molar-refractivity contribution in [2.75, 3.05) is 0 Å². The van der Waals surface area contributed by atoms with Crippen molar-refractivity contribution in [2.24, 2.45) is 0 Å². The van der Waals surface area contributed by atoms with Gasteiger partial charge in [0, 0.05) is 17.4 Å². The molecule has 0 aromatic carbocycles. The molecule has 0 aliphatic heterocycles. The monoisotopic (exact) mass is 179 g/mol. The second-order valence-corrected chi connectivity index (χ2v) is 2.26. The summed E-state index contributed by atoms with van der Waals surface area (Å²) in [5.74, 6) is 0. The van der Waals surface area contributed by atoms with Crippen LogP contribution in [0, 0.1) is 6.07 Å². The average Bonchev–Trinajstić information content (AvgIpc) is 2.28. The van der Waals surface area contributed by atoms with Crippen molar-refractivity contribution in [2.45, 2.75) is 0 Å². The molecule has 1 heteroatoms. The van der Waals surface area contributed by atoms with E-state index in [1.807, 2.05) is 24.3 Å². The van der Waals surface area contributed by atoms with Gasteiger partial charge in [-0.3, -0.25) is 0 Å². The Morgan fingerprint density at radius 1 is 0.909 bits per heavy atom. The summed E-state index contributed by atoms with van der Waals surface area (Å²) in [7, 11) is 0. The van der Waals surface area contributed by atoms with Gasteiger partial charge in [0.2, 0.25) is 0 Å². The van der Waals surface area contributed by atoms with Gasteiger partial charge in [-0.25, -0.2) is 0 Å². The van der Waals surface area contributed by atoms with Crippen LogP contribution in [0.5, 0.6) is 0 Å². The molecule has 0 amide bonds. The molecule has 2 aliphatic rings. The maximum absolute atomic E-state index is 3.14. The Balaban J connectivity index is 0.000000605. The number of hydrogen-bond donors (Lipinski definition) is 0. The van der Waals surface area contributed by atoms with Gasteiger partial charge in [-0.05, 0) is 0 Å². The molecule has 0 spiro atoms. The van der Waals surface area contributed by atoms with Crippen molar-refractivity contribution in [3.8, 4) is 11.1 Å². The topological polar surface area (TPSA) is 0 Å². The zero-order valence-corrected chi connectivity index (χ0v) is 7.22. The third-order valence-electron chi connectivity index (χ3n) is 1.57. The van der Waals surface area contributed by atoms with Crippen LogP contribution in [0.15, 0.2) is 42.5 Å². The Labute approximate surface area is 77.3 Å². The zero-order chi connectivity index (χ0) is 6.81. The summed E-state index contributed by atoms with van der Waals surface area (Å²) >= 11 is 0. The molecule has 2 rings (SSSR count). The van der Waals surface area contributed by atoms with E-state index in [1.165, 1.54) is 11.1 Å². The van der Waals surface area contributed by atoms with Crippen LogP contribution in [0.3, 0.4) is 0 Å². The normalized spacial score (nSPS) is 9.09. The fraction of sp³-hybridized carbons (Fsp3) is 0. The first-order chi connectivity index (χ1) is 4.97. The minimum atomic E-state index is 0. The maximum atomic E-state index is 3.14. The van der Waals surface area contributed by atoms with Crippen molar-refractivity contribution in [3.05, 3.63) is 48.5 Å². The van der Waals surface area contributed by atoms with Crippen molar-refractivity contribution < 1.29 is 17.4 Å². The summed E-state index contributed by atoms with van der Waals surface area (Å²) in [4.78, 5) is 0. The van der Waals surface area contributed by atoms with Gasteiger partial charge in [0.25, 0.3) is 0 Å². The van der Waals surface area contributed by atoms with E-state index in [9.17, 15) is 0 Å². The molecule has 0 atom stereocenters. The first-order valence-corrected chi connectivity index (χ1v) is 3.32. The third kappa shape index (κ3) is 1.63. The molecule has 0 radical (unpaired) electrons. The van der Waals surface area contributed by atoms with E-state index in [0.29, 0.717) is 0 Å². The summed E-state index contributed by atoms with van der Waals surface area (Å²) in [5.41, 5.74) is 2.44. The van der Waals surface area contributed by atoms with E-state index in [2.05, 4.69) is 24.3 Å². The van der Waals surface area contributed by atoms with Gasteiger partial charge < -0.3 is 0 Å². The smallest absolute Gasteiger partial charge is 0 e. The Bertz CT molecular complexity index is 276. The van der Waals surface area contributed by atoms with Crippen LogP contribution in [-0.4, -0.2) is 0 Å². The molecule has 0 saturated carbocycles. The molecule has 0 fully saturated rings. The molecule has 2 aliphatic carbocycles. The molecule has 0 nitrogen and oxygen atoms in total. The second-order valence-electron chi connectivity index (χ2n) is 2.26. The standard InChI is InChI=1S/C10H7.Cr/c1-2-5-9-7-4-8-10(9)6-3-1;/h1-7H;/q-1;. The van der Waals surface area contributed by atoms with Crippen LogP contribution < -0.4 is 0 Å². The molecule has 0 unspecified atom stereocenters. The second kappa shape index (κ2) is 3.57. The Hall–Kier alpha value is -0.768. The van der Waals surface area contributed by atoms with E-state index in [0.717, 1.165) is 0 Å². The molecule has 0 N–H and O–H groups in total. The van der Waals surface area contributed by atoms with Gasteiger partial charge in [0.1, 0.15) is 0 Å². The minimum absolute atomic E-state index is 0. The fourth-order valence-corrected chi connectivity index (χ4v) is 1.06. The molecule has 0 bridgehead atoms. The van der Waals surface area contributed by atoms with E-state index in [1.54, 1.807) is 0 Å². The Morgan fingerprint density at radius 2 is 1.73 bits per heavy atom. The molecule has 0 aromatic rings. The first-order valence-electron chi connectivity index (χ1n) is 3.32. The number of fused-ring (bicyclic) bond motifs is 1. The Kier molecular flexibility index (Phi) is 2.71. The van der Waals surface area contributed by atoms with Crippen molar-refractivity contribution in [3.63, 3.8) is 0 Å². The van der Waals surface area contributed by atoms with Crippen LogP contribution in [-0.2, 0) is 17.4 Å². The molecule has 11 heavy (non-hydrogen) atoms. The summed E-state index contributed by atoms with van der Waals surface area (Å²) in [6.07, 6.45) is 0. The largest absolute Gasteiger partial charge is 0.168 e. The first kappa shape index (κ1) is 8.33.